The van der Waals surface area contributed by atoms with Crippen molar-refractivity contribution in [3.63, 3.8) is 0 Å². The summed E-state index contributed by atoms with van der Waals surface area (Å²) in [4.78, 5) is 14.9. The molecule has 0 bridgehead atoms. The molecular weight excluding hydrogens is 425 g/mol. The molecule has 1 atom stereocenters. The van der Waals surface area contributed by atoms with Gasteiger partial charge in [-0.15, -0.1) is 15.9 Å². The van der Waals surface area contributed by atoms with Gasteiger partial charge >= 0.3 is 0 Å². The number of aromatic nitrogens is 1. The number of nitrogens with zero attached hydrogens (tertiary/aromatic N) is 4. The molecule has 4 heterocycles. The van der Waals surface area contributed by atoms with E-state index in [1.54, 1.807) is 36.0 Å². The number of pyridine rings is 1. The SMILES string of the molecule is Cc1cc(-c2cccs2)nc2cc(C3=NC(C4CC(O)C4)=C4C=NC=C[N+]34N)c(F)cc12. The minimum atomic E-state index is -0.391. The molecule has 1 aromatic carbocycles. The van der Waals surface area contributed by atoms with Gasteiger partial charge in [0.05, 0.1) is 40.2 Å². The van der Waals surface area contributed by atoms with Gasteiger partial charge in [0.1, 0.15) is 17.7 Å². The van der Waals surface area contributed by atoms with Crippen LogP contribution in [0.15, 0.2) is 69.5 Å². The molecule has 0 radical (unpaired) electrons. The van der Waals surface area contributed by atoms with Crippen LogP contribution < -0.4 is 5.84 Å². The summed E-state index contributed by atoms with van der Waals surface area (Å²) in [5.74, 6) is 6.86. The first-order chi connectivity index (χ1) is 15.4. The number of hydrogen-bond acceptors (Lipinski definition) is 6. The lowest BCUT2D eigenvalue weighted by molar-refractivity contribution is -0.750. The van der Waals surface area contributed by atoms with Crippen molar-refractivity contribution in [3.05, 3.63) is 76.5 Å². The van der Waals surface area contributed by atoms with Gasteiger partial charge in [0, 0.05) is 11.3 Å². The second kappa shape index (κ2) is 6.98. The molecule has 32 heavy (non-hydrogen) atoms. The summed E-state index contributed by atoms with van der Waals surface area (Å²) in [6.45, 7) is 1.97. The Morgan fingerprint density at radius 1 is 1.25 bits per heavy atom. The zero-order valence-electron chi connectivity index (χ0n) is 17.4. The number of quaternary nitrogens is 1. The van der Waals surface area contributed by atoms with Gasteiger partial charge in [-0.25, -0.2) is 9.37 Å². The van der Waals surface area contributed by atoms with Crippen molar-refractivity contribution < 1.29 is 14.1 Å². The Labute approximate surface area is 188 Å². The van der Waals surface area contributed by atoms with E-state index in [9.17, 15) is 5.11 Å². The molecule has 1 fully saturated rings. The number of fused-ring (bicyclic) bond motifs is 2. The van der Waals surface area contributed by atoms with E-state index in [0.717, 1.165) is 32.9 Å². The molecule has 1 unspecified atom stereocenters. The molecule has 1 aliphatic carbocycles. The summed E-state index contributed by atoms with van der Waals surface area (Å²) in [5.41, 5.74) is 4.33. The molecule has 0 saturated heterocycles. The van der Waals surface area contributed by atoms with Crippen LogP contribution in [0.2, 0.25) is 0 Å². The van der Waals surface area contributed by atoms with Gasteiger partial charge in [0.25, 0.3) is 5.84 Å². The molecule has 1 saturated carbocycles. The highest BCUT2D eigenvalue weighted by Crippen LogP contribution is 2.42. The number of allylic oxidation sites excluding steroid dienone is 2. The van der Waals surface area contributed by atoms with Crippen LogP contribution in [0.1, 0.15) is 24.0 Å². The van der Waals surface area contributed by atoms with E-state index in [0.29, 0.717) is 29.8 Å². The van der Waals surface area contributed by atoms with E-state index in [4.69, 9.17) is 15.8 Å². The third-order valence-corrected chi connectivity index (χ3v) is 7.33. The van der Waals surface area contributed by atoms with Gasteiger partial charge in [0.15, 0.2) is 0 Å². The van der Waals surface area contributed by atoms with Gasteiger partial charge in [-0.2, -0.15) is 10.8 Å². The van der Waals surface area contributed by atoms with E-state index in [1.807, 2.05) is 30.5 Å². The number of aliphatic imine (C=N–C) groups is 2. The molecule has 6 nitrogen and oxygen atoms in total. The highest BCUT2D eigenvalue weighted by molar-refractivity contribution is 7.13. The third kappa shape index (κ3) is 2.84. The average Bonchev–Trinajstić information content (AvgIpc) is 3.38. The number of halogens is 1. The highest BCUT2D eigenvalue weighted by Gasteiger charge is 2.48. The van der Waals surface area contributed by atoms with E-state index < -0.39 is 5.82 Å². The molecular formula is C24H21FN5OS+. The van der Waals surface area contributed by atoms with Crippen LogP contribution in [-0.2, 0) is 0 Å². The normalized spacial score (nSPS) is 26.4. The van der Waals surface area contributed by atoms with Gasteiger partial charge < -0.3 is 5.11 Å². The average molecular weight is 447 g/mol. The van der Waals surface area contributed by atoms with E-state index >= 15 is 4.39 Å². The number of amidine groups is 1. The third-order valence-electron chi connectivity index (χ3n) is 6.44. The minimum absolute atomic E-state index is 0.0887. The van der Waals surface area contributed by atoms with Gasteiger partial charge in [-0.3, -0.25) is 4.99 Å². The number of rotatable bonds is 3. The molecule has 2 aliphatic heterocycles. The maximum absolute atomic E-state index is 15.5. The topological polar surface area (TPSA) is 83.9 Å². The maximum Gasteiger partial charge on any atom is 0.267 e. The lowest BCUT2D eigenvalue weighted by Gasteiger charge is -2.31. The van der Waals surface area contributed by atoms with Gasteiger partial charge in [-0.1, -0.05) is 6.07 Å². The Morgan fingerprint density at radius 3 is 2.84 bits per heavy atom. The van der Waals surface area contributed by atoms with Crippen molar-refractivity contribution in [2.75, 3.05) is 0 Å². The quantitative estimate of drug-likeness (QED) is 0.462. The minimum Gasteiger partial charge on any atom is -0.393 e. The number of hydrogen-bond donors (Lipinski definition) is 2. The molecule has 6 rings (SSSR count). The van der Waals surface area contributed by atoms with Crippen molar-refractivity contribution in [2.24, 2.45) is 21.7 Å². The summed E-state index contributed by atoms with van der Waals surface area (Å²) < 4.78 is 15.2. The smallest absolute Gasteiger partial charge is 0.267 e. The Balaban J connectivity index is 1.51. The summed E-state index contributed by atoms with van der Waals surface area (Å²) in [6.07, 6.45) is 5.92. The number of benzene rings is 1. The van der Waals surface area contributed by atoms with Gasteiger partial charge in [-0.05, 0) is 55.0 Å². The first-order valence-electron chi connectivity index (χ1n) is 10.5. The molecule has 3 N–H and O–H groups in total. The highest BCUT2D eigenvalue weighted by atomic mass is 32.1. The van der Waals surface area contributed by atoms with Crippen LogP contribution >= 0.6 is 11.3 Å². The summed E-state index contributed by atoms with van der Waals surface area (Å²) >= 11 is 1.62. The van der Waals surface area contributed by atoms with E-state index in [1.165, 1.54) is 6.07 Å². The Hall–Kier alpha value is -3.04. The number of aryl methyl sites for hydroxylation is 1. The molecule has 0 amide bonds. The number of aliphatic hydroxyl groups is 1. The van der Waals surface area contributed by atoms with Crippen LogP contribution in [0, 0.1) is 18.7 Å². The van der Waals surface area contributed by atoms with Crippen LogP contribution in [0.3, 0.4) is 0 Å². The number of thiophene rings is 1. The van der Waals surface area contributed by atoms with Crippen molar-refractivity contribution in [3.8, 4) is 10.6 Å². The first kappa shape index (κ1) is 19.6. The predicted octanol–water partition coefficient (Wildman–Crippen LogP) is 4.40. The summed E-state index contributed by atoms with van der Waals surface area (Å²) in [6, 6.07) is 9.27. The van der Waals surface area contributed by atoms with Crippen LogP contribution in [0.25, 0.3) is 21.5 Å². The Bertz CT molecular complexity index is 1390. The van der Waals surface area contributed by atoms with Crippen molar-refractivity contribution >= 4 is 34.3 Å². The molecule has 3 aliphatic rings. The number of aliphatic hydroxyl groups excluding tert-OH is 1. The monoisotopic (exact) mass is 446 g/mol. The fourth-order valence-electron chi connectivity index (χ4n) is 4.64. The zero-order chi connectivity index (χ0) is 22.0. The summed E-state index contributed by atoms with van der Waals surface area (Å²) in [5, 5.41) is 12.6. The second-order valence-electron chi connectivity index (χ2n) is 8.53. The van der Waals surface area contributed by atoms with E-state index in [2.05, 4.69) is 4.99 Å². The van der Waals surface area contributed by atoms with Crippen molar-refractivity contribution in [2.45, 2.75) is 25.9 Å². The fourth-order valence-corrected chi connectivity index (χ4v) is 5.32. The van der Waals surface area contributed by atoms with E-state index in [-0.39, 0.29) is 16.6 Å². The number of nitrogens with two attached hydrogens (primary N) is 1. The second-order valence-corrected chi connectivity index (χ2v) is 9.48. The van der Waals surface area contributed by atoms with Crippen molar-refractivity contribution in [1.29, 1.82) is 0 Å². The largest absolute Gasteiger partial charge is 0.393 e. The Kier molecular flexibility index (Phi) is 4.28. The standard InChI is InChI=1S/C24H21FN5OS/c1-13-7-20(22-3-2-6-32-22)28-19-11-17(18(25)10-16(13)19)24-29-23(14-8-15(31)9-14)21-12-27-4-5-30(21,24)26/h2-7,10-12,14-15,31H,8-9,26H2,1H3/q+1. The molecule has 160 valence electrons. The molecule has 8 heteroatoms. The zero-order valence-corrected chi connectivity index (χ0v) is 18.2. The maximum atomic E-state index is 15.5. The molecule has 0 spiro atoms. The van der Waals surface area contributed by atoms with Crippen LogP contribution in [0.5, 0.6) is 0 Å². The molecule has 3 aromatic rings. The lowest BCUT2D eigenvalue weighted by atomic mass is 9.79. The Morgan fingerprint density at radius 2 is 2.09 bits per heavy atom. The molecule has 2 aromatic heterocycles. The van der Waals surface area contributed by atoms with Crippen LogP contribution in [-0.4, -0.2) is 32.8 Å². The first-order valence-corrected chi connectivity index (χ1v) is 11.4. The predicted molar refractivity (Wildman–Crippen MR) is 124 cm³/mol. The summed E-state index contributed by atoms with van der Waals surface area (Å²) in [7, 11) is 0. The van der Waals surface area contributed by atoms with Crippen molar-refractivity contribution in [1.82, 2.24) is 4.98 Å². The lowest BCUT2D eigenvalue weighted by Crippen LogP contribution is -2.53. The van der Waals surface area contributed by atoms with Crippen LogP contribution in [0.4, 0.5) is 4.39 Å². The fraction of sp³-hybridized carbons (Fsp3) is 0.208. The van der Waals surface area contributed by atoms with Gasteiger partial charge in [0.2, 0.25) is 5.70 Å².